The lowest BCUT2D eigenvalue weighted by atomic mass is 10.2. The third kappa shape index (κ3) is 4.94. The van der Waals surface area contributed by atoms with E-state index in [9.17, 15) is 13.2 Å². The molecule has 0 bridgehead atoms. The molecule has 1 N–H and O–H groups in total. The lowest BCUT2D eigenvalue weighted by Crippen LogP contribution is -2.38. The minimum atomic E-state index is -3.76. The molecular weight excluding hydrogens is 364 g/mol. The predicted molar refractivity (Wildman–Crippen MR) is 96.1 cm³/mol. The number of ether oxygens (including phenoxy) is 1. The van der Waals surface area contributed by atoms with E-state index in [0.717, 1.165) is 9.87 Å². The van der Waals surface area contributed by atoms with Gasteiger partial charge in [-0.15, -0.1) is 0 Å². The molecule has 6 nitrogen and oxygen atoms in total. The summed E-state index contributed by atoms with van der Waals surface area (Å²) < 4.78 is 31.1. The molecule has 0 heterocycles. The molecule has 1 amide bonds. The number of benzene rings is 2. The zero-order chi connectivity index (χ0) is 18.4. The van der Waals surface area contributed by atoms with Crippen LogP contribution in [0.15, 0.2) is 53.4 Å². The van der Waals surface area contributed by atoms with Gasteiger partial charge in [-0.25, -0.2) is 8.42 Å². The minimum Gasteiger partial charge on any atom is -0.496 e. The molecule has 0 fully saturated rings. The Balaban J connectivity index is 1.98. The van der Waals surface area contributed by atoms with Gasteiger partial charge in [-0.05, 0) is 30.3 Å². The molecule has 134 valence electrons. The number of nitrogens with zero attached hydrogens (tertiary/aromatic N) is 1. The second-order valence-electron chi connectivity index (χ2n) is 5.30. The molecule has 0 aliphatic carbocycles. The van der Waals surface area contributed by atoms with Gasteiger partial charge in [0.2, 0.25) is 15.9 Å². The Morgan fingerprint density at radius 3 is 2.44 bits per heavy atom. The Bertz CT molecular complexity index is 838. The van der Waals surface area contributed by atoms with Crippen LogP contribution < -0.4 is 10.1 Å². The van der Waals surface area contributed by atoms with Crippen LogP contribution in [0, 0.1) is 0 Å². The van der Waals surface area contributed by atoms with Gasteiger partial charge < -0.3 is 10.1 Å². The smallest absolute Gasteiger partial charge is 0.243 e. The second-order valence-corrected chi connectivity index (χ2v) is 7.78. The third-order valence-electron chi connectivity index (χ3n) is 3.56. The molecule has 2 aromatic rings. The van der Waals surface area contributed by atoms with Crippen LogP contribution in [0.25, 0.3) is 0 Å². The molecule has 0 radical (unpaired) electrons. The molecule has 2 aromatic carbocycles. The number of halogens is 1. The fraction of sp³-hybridized carbons (Fsp3) is 0.235. The minimum absolute atomic E-state index is 0.0805. The van der Waals surface area contributed by atoms with E-state index in [-0.39, 0.29) is 18.0 Å². The molecule has 2 rings (SSSR count). The van der Waals surface area contributed by atoms with Crippen LogP contribution in [-0.4, -0.2) is 39.3 Å². The number of amides is 1. The molecule has 0 aliphatic heterocycles. The first-order valence-electron chi connectivity index (χ1n) is 7.45. The lowest BCUT2D eigenvalue weighted by Gasteiger charge is -2.17. The van der Waals surface area contributed by atoms with E-state index < -0.39 is 15.9 Å². The monoisotopic (exact) mass is 382 g/mol. The highest BCUT2D eigenvalue weighted by molar-refractivity contribution is 7.89. The van der Waals surface area contributed by atoms with Crippen LogP contribution in [0.4, 0.5) is 0 Å². The Hall–Kier alpha value is -2.09. The van der Waals surface area contributed by atoms with E-state index in [1.54, 1.807) is 13.2 Å². The number of rotatable bonds is 7. The summed E-state index contributed by atoms with van der Waals surface area (Å²) in [4.78, 5) is 12.2. The number of hydrogen-bond donors (Lipinski definition) is 1. The van der Waals surface area contributed by atoms with Crippen molar-refractivity contribution in [1.82, 2.24) is 9.62 Å². The summed E-state index contributed by atoms with van der Waals surface area (Å²) in [6.07, 6.45) is 0. The summed E-state index contributed by atoms with van der Waals surface area (Å²) in [6, 6.07) is 13.1. The molecule has 0 unspecified atom stereocenters. The standard InChI is InChI=1S/C17H19ClN2O4S/c1-20(25(22,23)15-9-7-14(18)8-10-15)12-17(21)19-11-13-5-3-4-6-16(13)24-2/h3-10H,11-12H2,1-2H3,(H,19,21). The Morgan fingerprint density at radius 1 is 1.16 bits per heavy atom. The predicted octanol–water partition coefficient (Wildman–Crippen LogP) is 2.29. The van der Waals surface area contributed by atoms with Crippen LogP contribution >= 0.6 is 11.6 Å². The van der Waals surface area contributed by atoms with Crippen molar-refractivity contribution in [1.29, 1.82) is 0 Å². The number of carbonyl (C=O) groups excluding carboxylic acids is 1. The average molecular weight is 383 g/mol. The molecule has 8 heteroatoms. The van der Waals surface area contributed by atoms with Crippen molar-refractivity contribution in [3.63, 3.8) is 0 Å². The van der Waals surface area contributed by atoms with Crippen LogP contribution in [0.5, 0.6) is 5.75 Å². The topological polar surface area (TPSA) is 75.7 Å². The first kappa shape index (κ1) is 19.2. The van der Waals surface area contributed by atoms with Crippen LogP contribution in [-0.2, 0) is 21.4 Å². The van der Waals surface area contributed by atoms with Gasteiger partial charge >= 0.3 is 0 Å². The largest absolute Gasteiger partial charge is 0.496 e. The Morgan fingerprint density at radius 2 is 1.80 bits per heavy atom. The first-order chi connectivity index (χ1) is 11.8. The van der Waals surface area contributed by atoms with E-state index >= 15 is 0 Å². The van der Waals surface area contributed by atoms with Gasteiger partial charge in [0.15, 0.2) is 0 Å². The molecule has 0 saturated heterocycles. The average Bonchev–Trinajstić information content (AvgIpc) is 2.60. The van der Waals surface area contributed by atoms with Crippen molar-refractivity contribution >= 4 is 27.5 Å². The number of nitrogens with one attached hydrogen (secondary N) is 1. The molecule has 0 spiro atoms. The summed E-state index contributed by atoms with van der Waals surface area (Å²) in [5.74, 6) is 0.246. The number of para-hydroxylation sites is 1. The fourth-order valence-electron chi connectivity index (χ4n) is 2.17. The molecule has 0 saturated carbocycles. The maximum absolute atomic E-state index is 12.4. The van der Waals surface area contributed by atoms with Crippen LogP contribution in [0.3, 0.4) is 0 Å². The van der Waals surface area contributed by atoms with Crippen molar-refractivity contribution < 1.29 is 17.9 Å². The van der Waals surface area contributed by atoms with E-state index in [2.05, 4.69) is 5.32 Å². The number of hydrogen-bond acceptors (Lipinski definition) is 4. The first-order valence-corrected chi connectivity index (χ1v) is 9.27. The highest BCUT2D eigenvalue weighted by atomic mass is 35.5. The number of carbonyl (C=O) groups is 1. The lowest BCUT2D eigenvalue weighted by molar-refractivity contribution is -0.121. The van der Waals surface area contributed by atoms with E-state index in [0.29, 0.717) is 10.8 Å². The Labute approximate surface area is 152 Å². The quantitative estimate of drug-likeness (QED) is 0.797. The molecule has 0 atom stereocenters. The zero-order valence-electron chi connectivity index (χ0n) is 13.9. The van der Waals surface area contributed by atoms with Gasteiger partial charge in [0.25, 0.3) is 0 Å². The van der Waals surface area contributed by atoms with Gasteiger partial charge in [-0.2, -0.15) is 4.31 Å². The number of sulfonamides is 1. The molecule has 25 heavy (non-hydrogen) atoms. The maximum Gasteiger partial charge on any atom is 0.243 e. The van der Waals surface area contributed by atoms with Crippen molar-refractivity contribution in [2.45, 2.75) is 11.4 Å². The van der Waals surface area contributed by atoms with Crippen molar-refractivity contribution in [2.24, 2.45) is 0 Å². The summed E-state index contributed by atoms with van der Waals surface area (Å²) in [7, 11) is -0.855. The van der Waals surface area contributed by atoms with Crippen molar-refractivity contribution in [2.75, 3.05) is 20.7 Å². The summed E-state index contributed by atoms with van der Waals surface area (Å²) in [5, 5.41) is 3.13. The summed E-state index contributed by atoms with van der Waals surface area (Å²) >= 11 is 5.77. The number of likely N-dealkylation sites (N-methyl/N-ethyl adjacent to an activating group) is 1. The van der Waals surface area contributed by atoms with Gasteiger partial charge in [0, 0.05) is 24.2 Å². The van der Waals surface area contributed by atoms with Crippen LogP contribution in [0.2, 0.25) is 5.02 Å². The van der Waals surface area contributed by atoms with E-state index in [1.807, 2.05) is 18.2 Å². The van der Waals surface area contributed by atoms with Crippen molar-refractivity contribution in [3.8, 4) is 5.75 Å². The SMILES string of the molecule is COc1ccccc1CNC(=O)CN(C)S(=O)(=O)c1ccc(Cl)cc1. The van der Waals surface area contributed by atoms with Gasteiger partial charge in [0.1, 0.15) is 5.75 Å². The normalized spacial score (nSPS) is 11.4. The number of methoxy groups -OCH3 is 1. The van der Waals surface area contributed by atoms with E-state index in [1.165, 1.54) is 31.3 Å². The molecule has 0 aliphatic rings. The summed E-state index contributed by atoms with van der Waals surface area (Å²) in [6.45, 7) is -0.0439. The third-order valence-corrected chi connectivity index (χ3v) is 5.63. The van der Waals surface area contributed by atoms with Crippen molar-refractivity contribution in [3.05, 3.63) is 59.1 Å². The maximum atomic E-state index is 12.4. The van der Waals surface area contributed by atoms with Crippen LogP contribution in [0.1, 0.15) is 5.56 Å². The fourth-order valence-corrected chi connectivity index (χ4v) is 3.43. The molecular formula is C17H19ClN2O4S. The Kier molecular flexibility index (Phi) is 6.41. The highest BCUT2D eigenvalue weighted by Crippen LogP contribution is 2.18. The van der Waals surface area contributed by atoms with E-state index in [4.69, 9.17) is 16.3 Å². The summed E-state index contributed by atoms with van der Waals surface area (Å²) in [5.41, 5.74) is 0.807. The molecule has 0 aromatic heterocycles. The highest BCUT2D eigenvalue weighted by Gasteiger charge is 2.22. The van der Waals surface area contributed by atoms with Gasteiger partial charge in [-0.1, -0.05) is 29.8 Å². The van der Waals surface area contributed by atoms with Gasteiger partial charge in [0.05, 0.1) is 18.6 Å². The second kappa shape index (κ2) is 8.33. The van der Waals surface area contributed by atoms with Gasteiger partial charge in [-0.3, -0.25) is 4.79 Å². The zero-order valence-corrected chi connectivity index (χ0v) is 15.5.